The molecule has 7 heteroatoms. The standard InChI is InChI=1S/C12H24N2O4S/c1-10-12(15)4-3-5-14(10)19(16,17)9-11-8-13(2)6-7-18-11/h10-12,15H,3-9H2,1-2H3. The lowest BCUT2D eigenvalue weighted by molar-refractivity contribution is -0.00810. The molecule has 0 radical (unpaired) electrons. The lowest BCUT2D eigenvalue weighted by atomic mass is 10.0. The van der Waals surface area contributed by atoms with Crippen LogP contribution in [-0.2, 0) is 14.8 Å². The first-order chi connectivity index (χ1) is 8.90. The van der Waals surface area contributed by atoms with E-state index in [1.165, 1.54) is 4.31 Å². The number of aliphatic hydroxyl groups excluding tert-OH is 1. The monoisotopic (exact) mass is 292 g/mol. The van der Waals surface area contributed by atoms with Gasteiger partial charge in [0.1, 0.15) is 0 Å². The zero-order valence-corrected chi connectivity index (χ0v) is 12.5. The second-order valence-electron chi connectivity index (χ2n) is 5.59. The Hall–Kier alpha value is -0.210. The van der Waals surface area contributed by atoms with E-state index in [-0.39, 0.29) is 17.9 Å². The number of morpholine rings is 1. The number of sulfonamides is 1. The molecule has 2 rings (SSSR count). The molecular formula is C12H24N2O4S. The highest BCUT2D eigenvalue weighted by atomic mass is 32.2. The summed E-state index contributed by atoms with van der Waals surface area (Å²) in [6.45, 7) is 4.34. The zero-order valence-electron chi connectivity index (χ0n) is 11.7. The molecular weight excluding hydrogens is 268 g/mol. The SMILES string of the molecule is CC1C(O)CCCN1S(=O)(=O)CC1CN(C)CCO1. The van der Waals surface area contributed by atoms with Gasteiger partial charge >= 0.3 is 0 Å². The molecule has 0 spiro atoms. The van der Waals surface area contributed by atoms with Crippen LogP contribution in [0.4, 0.5) is 0 Å². The molecule has 0 aromatic carbocycles. The number of likely N-dealkylation sites (N-methyl/N-ethyl adjacent to an activating group) is 1. The summed E-state index contributed by atoms with van der Waals surface area (Å²) in [6, 6.07) is -0.333. The Bertz CT molecular complexity index is 401. The molecule has 2 saturated heterocycles. The first-order valence-corrected chi connectivity index (χ1v) is 8.49. The quantitative estimate of drug-likeness (QED) is 0.759. The van der Waals surface area contributed by atoms with Gasteiger partial charge in [-0.3, -0.25) is 0 Å². The average Bonchev–Trinajstić information content (AvgIpc) is 2.32. The van der Waals surface area contributed by atoms with Crippen LogP contribution in [0.5, 0.6) is 0 Å². The van der Waals surface area contributed by atoms with Gasteiger partial charge in [0.25, 0.3) is 0 Å². The van der Waals surface area contributed by atoms with E-state index in [2.05, 4.69) is 4.90 Å². The van der Waals surface area contributed by atoms with Gasteiger partial charge in [-0.15, -0.1) is 0 Å². The third-order valence-electron chi connectivity index (χ3n) is 3.99. The molecule has 3 unspecified atom stereocenters. The molecule has 0 aromatic heterocycles. The van der Waals surface area contributed by atoms with Crippen LogP contribution in [-0.4, -0.2) is 80.0 Å². The highest BCUT2D eigenvalue weighted by Gasteiger charge is 2.36. The molecule has 6 nitrogen and oxygen atoms in total. The maximum Gasteiger partial charge on any atom is 0.217 e. The van der Waals surface area contributed by atoms with Gasteiger partial charge < -0.3 is 14.7 Å². The lowest BCUT2D eigenvalue weighted by Crippen LogP contribution is -2.52. The fraction of sp³-hybridized carbons (Fsp3) is 1.00. The normalized spacial score (nSPS) is 35.4. The molecule has 0 aliphatic carbocycles. The first kappa shape index (κ1) is 15.2. The number of nitrogens with zero attached hydrogens (tertiary/aromatic N) is 2. The lowest BCUT2D eigenvalue weighted by Gasteiger charge is -2.37. The van der Waals surface area contributed by atoms with E-state index in [1.807, 2.05) is 7.05 Å². The van der Waals surface area contributed by atoms with Crippen LogP contribution in [0.15, 0.2) is 0 Å². The minimum Gasteiger partial charge on any atom is -0.391 e. The van der Waals surface area contributed by atoms with E-state index < -0.39 is 16.1 Å². The van der Waals surface area contributed by atoms with E-state index in [0.717, 1.165) is 13.0 Å². The molecule has 0 amide bonds. The molecule has 112 valence electrons. The van der Waals surface area contributed by atoms with Crippen molar-refractivity contribution in [2.45, 2.75) is 38.0 Å². The topological polar surface area (TPSA) is 70.1 Å². The van der Waals surface area contributed by atoms with E-state index >= 15 is 0 Å². The third kappa shape index (κ3) is 3.66. The van der Waals surface area contributed by atoms with Crippen LogP contribution in [0.2, 0.25) is 0 Å². The first-order valence-electron chi connectivity index (χ1n) is 6.88. The van der Waals surface area contributed by atoms with Crippen molar-refractivity contribution in [3.05, 3.63) is 0 Å². The van der Waals surface area contributed by atoms with Gasteiger partial charge in [-0.1, -0.05) is 0 Å². The number of piperidine rings is 1. The van der Waals surface area contributed by atoms with Crippen molar-refractivity contribution in [3.8, 4) is 0 Å². The van der Waals surface area contributed by atoms with Gasteiger partial charge in [0.15, 0.2) is 0 Å². The summed E-state index contributed by atoms with van der Waals surface area (Å²) < 4.78 is 31.8. The zero-order chi connectivity index (χ0) is 14.0. The summed E-state index contributed by atoms with van der Waals surface area (Å²) in [5.41, 5.74) is 0. The average molecular weight is 292 g/mol. The number of hydrogen-bond acceptors (Lipinski definition) is 5. The molecule has 1 N–H and O–H groups in total. The minimum absolute atomic E-state index is 0.00833. The maximum absolute atomic E-state index is 12.4. The van der Waals surface area contributed by atoms with E-state index in [1.54, 1.807) is 6.92 Å². The minimum atomic E-state index is -3.37. The predicted molar refractivity (Wildman–Crippen MR) is 72.4 cm³/mol. The smallest absolute Gasteiger partial charge is 0.217 e. The van der Waals surface area contributed by atoms with Gasteiger partial charge in [0.05, 0.1) is 24.6 Å². The van der Waals surface area contributed by atoms with Crippen LogP contribution in [0.1, 0.15) is 19.8 Å². The Morgan fingerprint density at radius 3 is 2.79 bits per heavy atom. The molecule has 0 bridgehead atoms. The van der Waals surface area contributed by atoms with Crippen molar-refractivity contribution < 1.29 is 18.3 Å². The number of rotatable bonds is 3. The van der Waals surface area contributed by atoms with Crippen LogP contribution in [0.25, 0.3) is 0 Å². The van der Waals surface area contributed by atoms with Crippen molar-refractivity contribution >= 4 is 10.0 Å². The second kappa shape index (κ2) is 6.05. The fourth-order valence-electron chi connectivity index (χ4n) is 2.78. The van der Waals surface area contributed by atoms with Crippen molar-refractivity contribution in [3.63, 3.8) is 0 Å². The number of ether oxygens (including phenoxy) is 1. The summed E-state index contributed by atoms with van der Waals surface area (Å²) in [5.74, 6) is 0.00833. The van der Waals surface area contributed by atoms with Crippen molar-refractivity contribution in [1.29, 1.82) is 0 Å². The van der Waals surface area contributed by atoms with Crippen LogP contribution >= 0.6 is 0 Å². The van der Waals surface area contributed by atoms with Gasteiger partial charge in [-0.05, 0) is 26.8 Å². The molecule has 2 aliphatic rings. The van der Waals surface area contributed by atoms with Gasteiger partial charge in [-0.25, -0.2) is 8.42 Å². The predicted octanol–water partition coefficient (Wildman–Crippen LogP) is -0.508. The summed E-state index contributed by atoms with van der Waals surface area (Å²) in [5, 5.41) is 9.81. The van der Waals surface area contributed by atoms with Crippen molar-refractivity contribution in [1.82, 2.24) is 9.21 Å². The third-order valence-corrected chi connectivity index (χ3v) is 6.01. The van der Waals surface area contributed by atoms with Gasteiger partial charge in [-0.2, -0.15) is 4.31 Å². The number of aliphatic hydroxyl groups is 1. The second-order valence-corrected chi connectivity index (χ2v) is 7.56. The molecule has 0 aromatic rings. The Labute approximate surface area is 115 Å². The Morgan fingerprint density at radius 2 is 2.11 bits per heavy atom. The van der Waals surface area contributed by atoms with Crippen molar-refractivity contribution in [2.24, 2.45) is 0 Å². The summed E-state index contributed by atoms with van der Waals surface area (Å²) in [4.78, 5) is 2.08. The molecule has 3 atom stereocenters. The van der Waals surface area contributed by atoms with Crippen molar-refractivity contribution in [2.75, 3.05) is 39.0 Å². The molecule has 2 fully saturated rings. The molecule has 2 heterocycles. The molecule has 19 heavy (non-hydrogen) atoms. The molecule has 2 aliphatic heterocycles. The maximum atomic E-state index is 12.4. The van der Waals surface area contributed by atoms with Crippen LogP contribution < -0.4 is 0 Å². The highest BCUT2D eigenvalue weighted by Crippen LogP contribution is 2.22. The Morgan fingerprint density at radius 1 is 1.37 bits per heavy atom. The highest BCUT2D eigenvalue weighted by molar-refractivity contribution is 7.89. The van der Waals surface area contributed by atoms with Gasteiger partial charge in [0, 0.05) is 25.7 Å². The van der Waals surface area contributed by atoms with E-state index in [9.17, 15) is 13.5 Å². The van der Waals surface area contributed by atoms with E-state index in [0.29, 0.717) is 26.1 Å². The Kier molecular flexibility index (Phi) is 4.84. The Balaban J connectivity index is 2.01. The van der Waals surface area contributed by atoms with Gasteiger partial charge in [0.2, 0.25) is 10.0 Å². The van der Waals surface area contributed by atoms with Crippen LogP contribution in [0.3, 0.4) is 0 Å². The van der Waals surface area contributed by atoms with Crippen LogP contribution in [0, 0.1) is 0 Å². The largest absolute Gasteiger partial charge is 0.391 e. The van der Waals surface area contributed by atoms with E-state index in [4.69, 9.17) is 4.74 Å². The summed E-state index contributed by atoms with van der Waals surface area (Å²) in [6.07, 6.45) is 0.569. The summed E-state index contributed by atoms with van der Waals surface area (Å²) >= 11 is 0. The number of hydrogen-bond donors (Lipinski definition) is 1. The molecule has 0 saturated carbocycles. The fourth-order valence-corrected chi connectivity index (χ4v) is 4.70. The summed E-state index contributed by atoms with van der Waals surface area (Å²) in [7, 11) is -1.40.